The van der Waals surface area contributed by atoms with Gasteiger partial charge in [0.2, 0.25) is 0 Å². The molecule has 2 N–H and O–H groups in total. The van der Waals surface area contributed by atoms with E-state index in [4.69, 9.17) is 5.73 Å². The fourth-order valence-corrected chi connectivity index (χ4v) is 2.87. The molecule has 0 saturated carbocycles. The Morgan fingerprint density at radius 1 is 1.19 bits per heavy atom. The minimum Gasteiger partial charge on any atom is -0.320 e. The van der Waals surface area contributed by atoms with Crippen molar-refractivity contribution >= 4 is 23.1 Å². The van der Waals surface area contributed by atoms with Crippen molar-refractivity contribution in [3.63, 3.8) is 0 Å². The Balaban J connectivity index is 2.27. The van der Waals surface area contributed by atoms with Gasteiger partial charge >= 0.3 is 0 Å². The second-order valence-electron chi connectivity index (χ2n) is 3.68. The van der Waals surface area contributed by atoms with Gasteiger partial charge in [-0.2, -0.15) is 0 Å². The number of rotatable bonds is 3. The molecule has 0 fully saturated rings. The molecule has 0 aliphatic heterocycles. The summed E-state index contributed by atoms with van der Waals surface area (Å²) in [4.78, 5) is 2.58. The first-order valence-corrected chi connectivity index (χ1v) is 7.26. The SMILES string of the molecule is CSc1ccc(C(N)c2ccsc2C)cc1. The number of aryl methyl sites for hydroxylation is 1. The normalized spacial score (nSPS) is 12.7. The lowest BCUT2D eigenvalue weighted by Crippen LogP contribution is -2.11. The predicted molar refractivity (Wildman–Crippen MR) is 73.3 cm³/mol. The Hall–Kier alpha value is -0.770. The van der Waals surface area contributed by atoms with Gasteiger partial charge in [0, 0.05) is 9.77 Å². The third kappa shape index (κ3) is 2.32. The fourth-order valence-electron chi connectivity index (χ4n) is 1.71. The van der Waals surface area contributed by atoms with Crippen molar-refractivity contribution in [3.8, 4) is 0 Å². The number of benzene rings is 1. The van der Waals surface area contributed by atoms with Crippen molar-refractivity contribution in [1.29, 1.82) is 0 Å². The van der Waals surface area contributed by atoms with Crippen LogP contribution in [-0.4, -0.2) is 6.26 Å². The molecule has 1 nitrogen and oxygen atoms in total. The molecule has 84 valence electrons. The van der Waals surface area contributed by atoms with Crippen LogP contribution in [0.15, 0.2) is 40.6 Å². The Kier molecular flexibility index (Phi) is 3.69. The van der Waals surface area contributed by atoms with Gasteiger partial charge in [-0.25, -0.2) is 0 Å². The minimum atomic E-state index is 0.00200. The van der Waals surface area contributed by atoms with E-state index in [9.17, 15) is 0 Å². The summed E-state index contributed by atoms with van der Waals surface area (Å²) >= 11 is 3.50. The molecule has 0 spiro atoms. The molecule has 3 heteroatoms. The molecule has 0 saturated heterocycles. The highest BCUT2D eigenvalue weighted by Gasteiger charge is 2.11. The van der Waals surface area contributed by atoms with Crippen LogP contribution in [0.25, 0.3) is 0 Å². The molecule has 0 amide bonds. The largest absolute Gasteiger partial charge is 0.320 e. The topological polar surface area (TPSA) is 26.0 Å². The average Bonchev–Trinajstić information content (AvgIpc) is 2.75. The van der Waals surface area contributed by atoms with E-state index in [0.717, 1.165) is 0 Å². The van der Waals surface area contributed by atoms with Gasteiger partial charge in [0.05, 0.1) is 6.04 Å². The van der Waals surface area contributed by atoms with Crippen molar-refractivity contribution in [2.24, 2.45) is 5.73 Å². The van der Waals surface area contributed by atoms with Crippen molar-refractivity contribution in [1.82, 2.24) is 0 Å². The van der Waals surface area contributed by atoms with Gasteiger partial charge in [0.25, 0.3) is 0 Å². The molecule has 1 atom stereocenters. The van der Waals surface area contributed by atoms with Crippen LogP contribution in [0.5, 0.6) is 0 Å². The highest BCUT2D eigenvalue weighted by atomic mass is 32.2. The molecule has 1 aromatic carbocycles. The van der Waals surface area contributed by atoms with Crippen LogP contribution in [0.4, 0.5) is 0 Å². The van der Waals surface area contributed by atoms with Crippen LogP contribution in [-0.2, 0) is 0 Å². The molecule has 2 rings (SSSR count). The van der Waals surface area contributed by atoms with Crippen LogP contribution in [0.1, 0.15) is 22.0 Å². The second kappa shape index (κ2) is 5.04. The van der Waals surface area contributed by atoms with Gasteiger partial charge < -0.3 is 5.73 Å². The number of hydrogen-bond donors (Lipinski definition) is 1. The summed E-state index contributed by atoms with van der Waals surface area (Å²) in [7, 11) is 0. The zero-order chi connectivity index (χ0) is 11.5. The van der Waals surface area contributed by atoms with Crippen molar-refractivity contribution < 1.29 is 0 Å². The van der Waals surface area contributed by atoms with Gasteiger partial charge in [-0.3, -0.25) is 0 Å². The Bertz CT molecular complexity index is 459. The molecular weight excluding hydrogens is 234 g/mol. The second-order valence-corrected chi connectivity index (χ2v) is 5.68. The minimum absolute atomic E-state index is 0.00200. The lowest BCUT2D eigenvalue weighted by atomic mass is 10.0. The summed E-state index contributed by atoms with van der Waals surface area (Å²) < 4.78 is 0. The summed E-state index contributed by atoms with van der Waals surface area (Å²) in [6.07, 6.45) is 2.08. The van der Waals surface area contributed by atoms with E-state index in [1.807, 2.05) is 0 Å². The average molecular weight is 249 g/mol. The van der Waals surface area contributed by atoms with E-state index in [1.165, 1.54) is 20.9 Å². The molecule has 0 aliphatic rings. The van der Waals surface area contributed by atoms with Gasteiger partial charge in [-0.15, -0.1) is 23.1 Å². The monoisotopic (exact) mass is 249 g/mol. The zero-order valence-corrected chi connectivity index (χ0v) is 11.1. The molecule has 1 aromatic heterocycles. The predicted octanol–water partition coefficient (Wildman–Crippen LogP) is 3.83. The molecule has 16 heavy (non-hydrogen) atoms. The van der Waals surface area contributed by atoms with E-state index in [0.29, 0.717) is 0 Å². The lowest BCUT2D eigenvalue weighted by Gasteiger charge is -2.12. The summed E-state index contributed by atoms with van der Waals surface area (Å²) in [6, 6.07) is 10.6. The molecule has 0 aliphatic carbocycles. The molecule has 1 unspecified atom stereocenters. The first kappa shape index (κ1) is 11.7. The Labute approximate surface area is 105 Å². The van der Waals surface area contributed by atoms with Gasteiger partial charge in [0.1, 0.15) is 0 Å². The molecular formula is C13H15NS2. The third-order valence-electron chi connectivity index (χ3n) is 2.71. The summed E-state index contributed by atoms with van der Waals surface area (Å²) in [6.45, 7) is 2.12. The highest BCUT2D eigenvalue weighted by molar-refractivity contribution is 7.98. The maximum atomic E-state index is 6.25. The van der Waals surface area contributed by atoms with E-state index in [2.05, 4.69) is 48.9 Å². The van der Waals surface area contributed by atoms with Crippen molar-refractivity contribution in [2.75, 3.05) is 6.26 Å². The van der Waals surface area contributed by atoms with Crippen LogP contribution in [0.3, 0.4) is 0 Å². The van der Waals surface area contributed by atoms with E-state index >= 15 is 0 Å². The molecule has 0 radical (unpaired) electrons. The molecule has 0 bridgehead atoms. The molecule has 2 aromatic rings. The summed E-state index contributed by atoms with van der Waals surface area (Å²) in [5.74, 6) is 0. The smallest absolute Gasteiger partial charge is 0.0562 e. The number of thioether (sulfide) groups is 1. The van der Waals surface area contributed by atoms with Crippen LogP contribution < -0.4 is 5.73 Å². The Morgan fingerprint density at radius 2 is 1.88 bits per heavy atom. The maximum absolute atomic E-state index is 6.25. The van der Waals surface area contributed by atoms with Crippen LogP contribution in [0.2, 0.25) is 0 Å². The quantitative estimate of drug-likeness (QED) is 0.837. The first-order chi connectivity index (χ1) is 7.72. The Morgan fingerprint density at radius 3 is 2.38 bits per heavy atom. The number of hydrogen-bond acceptors (Lipinski definition) is 3. The third-order valence-corrected chi connectivity index (χ3v) is 4.31. The van der Waals surface area contributed by atoms with Crippen LogP contribution >= 0.6 is 23.1 Å². The van der Waals surface area contributed by atoms with E-state index < -0.39 is 0 Å². The number of thiophene rings is 1. The number of nitrogens with two attached hydrogens (primary N) is 1. The van der Waals surface area contributed by atoms with Gasteiger partial charge in [-0.05, 0) is 47.9 Å². The summed E-state index contributed by atoms with van der Waals surface area (Å²) in [5.41, 5.74) is 8.67. The van der Waals surface area contributed by atoms with Crippen molar-refractivity contribution in [3.05, 3.63) is 51.7 Å². The zero-order valence-electron chi connectivity index (χ0n) is 9.44. The van der Waals surface area contributed by atoms with Crippen LogP contribution in [0, 0.1) is 6.92 Å². The first-order valence-electron chi connectivity index (χ1n) is 5.16. The van der Waals surface area contributed by atoms with Gasteiger partial charge in [0.15, 0.2) is 0 Å². The molecule has 1 heterocycles. The summed E-state index contributed by atoms with van der Waals surface area (Å²) in [5, 5.41) is 2.10. The highest BCUT2D eigenvalue weighted by Crippen LogP contribution is 2.27. The van der Waals surface area contributed by atoms with Gasteiger partial charge in [-0.1, -0.05) is 12.1 Å². The van der Waals surface area contributed by atoms with Crippen molar-refractivity contribution in [2.45, 2.75) is 17.9 Å². The van der Waals surface area contributed by atoms with E-state index in [-0.39, 0.29) is 6.04 Å². The standard InChI is InChI=1S/C13H15NS2/c1-9-12(7-8-16-9)13(14)10-3-5-11(15-2)6-4-10/h3-8,13H,14H2,1-2H3. The fraction of sp³-hybridized carbons (Fsp3) is 0.231. The lowest BCUT2D eigenvalue weighted by molar-refractivity contribution is 0.867. The maximum Gasteiger partial charge on any atom is 0.0562 e. The van der Waals surface area contributed by atoms with E-state index in [1.54, 1.807) is 23.1 Å².